The van der Waals surface area contributed by atoms with Gasteiger partial charge in [-0.3, -0.25) is 4.99 Å². The largest absolute Gasteiger partial charge is 0.492 e. The van der Waals surface area contributed by atoms with Crippen LogP contribution in [0.1, 0.15) is 0 Å². The zero-order chi connectivity index (χ0) is 18.7. The fourth-order valence-electron chi connectivity index (χ4n) is 1.87. The summed E-state index contributed by atoms with van der Waals surface area (Å²) < 4.78 is 32.9. The highest BCUT2D eigenvalue weighted by molar-refractivity contribution is 14.0. The molecule has 10 heteroatoms. The molecule has 0 atom stereocenters. The second-order valence-corrected chi connectivity index (χ2v) is 8.14. The van der Waals surface area contributed by atoms with Crippen LogP contribution in [0.5, 0.6) is 5.75 Å². The van der Waals surface area contributed by atoms with Crippen molar-refractivity contribution < 1.29 is 17.9 Å². The van der Waals surface area contributed by atoms with Crippen LogP contribution in [-0.2, 0) is 14.6 Å². The van der Waals surface area contributed by atoms with Gasteiger partial charge in [-0.05, 0) is 24.3 Å². The van der Waals surface area contributed by atoms with Crippen LogP contribution in [-0.4, -0.2) is 78.3 Å². The minimum absolute atomic E-state index is 0. The summed E-state index contributed by atoms with van der Waals surface area (Å²) in [5.41, 5.74) is 0. The van der Waals surface area contributed by atoms with Crippen molar-refractivity contribution in [1.82, 2.24) is 10.2 Å². The summed E-state index contributed by atoms with van der Waals surface area (Å²) in [6.45, 7) is 2.30. The zero-order valence-electron chi connectivity index (χ0n) is 15.3. The van der Waals surface area contributed by atoms with E-state index < -0.39 is 9.84 Å². The number of likely N-dealkylation sites (N-methyl/N-ethyl adjacent to an activating group) is 1. The summed E-state index contributed by atoms with van der Waals surface area (Å²) in [5, 5.41) is 3.83. The third kappa shape index (κ3) is 11.8. The molecule has 0 spiro atoms. The van der Waals surface area contributed by atoms with Crippen LogP contribution < -0.4 is 10.1 Å². The molecule has 0 saturated carbocycles. The Morgan fingerprint density at radius 3 is 2.46 bits per heavy atom. The highest BCUT2D eigenvalue weighted by atomic mass is 127. The Morgan fingerprint density at radius 1 is 1.23 bits per heavy atom. The number of sulfone groups is 1. The average Bonchev–Trinajstić information content (AvgIpc) is 2.55. The topological polar surface area (TPSA) is 80.2 Å². The second-order valence-electron chi connectivity index (χ2n) is 5.44. The van der Waals surface area contributed by atoms with Gasteiger partial charge < -0.3 is 19.7 Å². The lowest BCUT2D eigenvalue weighted by Gasteiger charge is -2.22. The highest BCUT2D eigenvalue weighted by Crippen LogP contribution is 2.15. The fourth-order valence-corrected chi connectivity index (χ4v) is 2.42. The quantitative estimate of drug-likeness (QED) is 0.220. The molecule has 0 bridgehead atoms. The number of ether oxygens (including phenoxy) is 2. The van der Waals surface area contributed by atoms with Crippen LogP contribution in [0, 0.1) is 0 Å². The number of benzene rings is 1. The predicted molar refractivity (Wildman–Crippen MR) is 117 cm³/mol. The molecule has 1 aromatic carbocycles. The number of nitrogens with zero attached hydrogens (tertiary/aromatic N) is 2. The molecule has 7 nitrogen and oxygen atoms in total. The van der Waals surface area contributed by atoms with Gasteiger partial charge in [0, 0.05) is 31.9 Å². The van der Waals surface area contributed by atoms with Gasteiger partial charge in [0.15, 0.2) is 5.96 Å². The lowest BCUT2D eigenvalue weighted by Crippen LogP contribution is -2.42. The summed E-state index contributed by atoms with van der Waals surface area (Å²) in [4.78, 5) is 6.13. The van der Waals surface area contributed by atoms with E-state index in [1.54, 1.807) is 19.2 Å². The summed E-state index contributed by atoms with van der Waals surface area (Å²) in [5.74, 6) is 1.51. The molecule has 0 aliphatic heterocycles. The molecule has 26 heavy (non-hydrogen) atoms. The molecule has 0 fully saturated rings. The highest BCUT2D eigenvalue weighted by Gasteiger charge is 2.06. The van der Waals surface area contributed by atoms with Crippen molar-refractivity contribution in [2.45, 2.75) is 0 Å². The minimum Gasteiger partial charge on any atom is -0.492 e. The van der Waals surface area contributed by atoms with E-state index in [2.05, 4.69) is 10.3 Å². The number of guanidine groups is 1. The van der Waals surface area contributed by atoms with E-state index in [9.17, 15) is 8.42 Å². The summed E-state index contributed by atoms with van der Waals surface area (Å²) >= 11 is 5.83. The summed E-state index contributed by atoms with van der Waals surface area (Å²) in [6, 6.07) is 7.21. The van der Waals surface area contributed by atoms with E-state index in [-0.39, 0.29) is 36.3 Å². The standard InChI is InChI=1S/C16H26ClN3O4S.HI/c1-18-16(19-8-10-23-12-13-25(3,21)22)20(2)9-11-24-15-6-4-14(17)5-7-15;/h4-7H,8-13H2,1-3H3,(H,18,19);1H. The lowest BCUT2D eigenvalue weighted by molar-refractivity contribution is 0.153. The Balaban J connectivity index is 0.00000625. The first-order valence-electron chi connectivity index (χ1n) is 7.87. The molecular weight excluding hydrogens is 493 g/mol. The smallest absolute Gasteiger partial charge is 0.193 e. The van der Waals surface area contributed by atoms with E-state index in [0.717, 1.165) is 5.75 Å². The molecule has 0 aliphatic carbocycles. The van der Waals surface area contributed by atoms with Gasteiger partial charge in [-0.1, -0.05) is 11.6 Å². The maximum atomic E-state index is 11.0. The van der Waals surface area contributed by atoms with Crippen molar-refractivity contribution >= 4 is 51.4 Å². The Bertz CT molecular complexity index is 641. The van der Waals surface area contributed by atoms with Crippen LogP contribution in [0.3, 0.4) is 0 Å². The van der Waals surface area contributed by atoms with Crippen molar-refractivity contribution in [3.05, 3.63) is 29.3 Å². The van der Waals surface area contributed by atoms with E-state index in [0.29, 0.717) is 37.3 Å². The first kappa shape index (κ1) is 25.2. The van der Waals surface area contributed by atoms with Crippen LogP contribution in [0.2, 0.25) is 5.02 Å². The number of halogens is 2. The molecule has 150 valence electrons. The third-order valence-electron chi connectivity index (χ3n) is 3.21. The Hall–Kier alpha value is -0.780. The zero-order valence-corrected chi connectivity index (χ0v) is 19.2. The third-order valence-corrected chi connectivity index (χ3v) is 4.37. The second kappa shape index (κ2) is 13.4. The molecule has 0 aliphatic rings. The van der Waals surface area contributed by atoms with Crippen molar-refractivity contribution in [2.75, 3.05) is 59.0 Å². The molecule has 0 aromatic heterocycles. The van der Waals surface area contributed by atoms with Gasteiger partial charge in [0.25, 0.3) is 0 Å². The molecule has 0 saturated heterocycles. The number of hydrogen-bond donors (Lipinski definition) is 1. The van der Waals surface area contributed by atoms with Crippen LogP contribution >= 0.6 is 35.6 Å². The lowest BCUT2D eigenvalue weighted by atomic mass is 10.3. The monoisotopic (exact) mass is 519 g/mol. The Labute approximate surface area is 178 Å². The molecular formula is C16H27ClIN3O4S. The molecule has 1 rings (SSSR count). The summed E-state index contributed by atoms with van der Waals surface area (Å²) in [7, 11) is 0.626. The summed E-state index contributed by atoms with van der Waals surface area (Å²) in [6.07, 6.45) is 1.19. The maximum Gasteiger partial charge on any atom is 0.193 e. The molecule has 1 N–H and O–H groups in total. The molecule has 0 amide bonds. The van der Waals surface area contributed by atoms with Gasteiger partial charge in [-0.25, -0.2) is 8.42 Å². The van der Waals surface area contributed by atoms with E-state index >= 15 is 0 Å². The van der Waals surface area contributed by atoms with Crippen molar-refractivity contribution in [3.63, 3.8) is 0 Å². The number of aliphatic imine (C=N–C) groups is 1. The molecule has 1 aromatic rings. The van der Waals surface area contributed by atoms with E-state index in [1.807, 2.05) is 24.1 Å². The van der Waals surface area contributed by atoms with Crippen molar-refractivity contribution in [1.29, 1.82) is 0 Å². The van der Waals surface area contributed by atoms with Gasteiger partial charge in [-0.15, -0.1) is 24.0 Å². The van der Waals surface area contributed by atoms with Gasteiger partial charge in [0.1, 0.15) is 22.2 Å². The van der Waals surface area contributed by atoms with Gasteiger partial charge in [0.05, 0.1) is 25.5 Å². The minimum atomic E-state index is -2.98. The van der Waals surface area contributed by atoms with Gasteiger partial charge >= 0.3 is 0 Å². The number of hydrogen-bond acceptors (Lipinski definition) is 5. The first-order chi connectivity index (χ1) is 11.8. The fraction of sp³-hybridized carbons (Fsp3) is 0.562. The predicted octanol–water partition coefficient (Wildman–Crippen LogP) is 1.91. The van der Waals surface area contributed by atoms with Crippen molar-refractivity contribution in [3.8, 4) is 5.75 Å². The Kier molecular flexibility index (Phi) is 13.0. The van der Waals surface area contributed by atoms with E-state index in [4.69, 9.17) is 21.1 Å². The van der Waals surface area contributed by atoms with Gasteiger partial charge in [-0.2, -0.15) is 0 Å². The SMILES string of the molecule is CN=C(NCCOCCS(C)(=O)=O)N(C)CCOc1ccc(Cl)cc1.I. The molecule has 0 unspecified atom stereocenters. The first-order valence-corrected chi connectivity index (χ1v) is 10.3. The Morgan fingerprint density at radius 2 is 1.88 bits per heavy atom. The van der Waals surface area contributed by atoms with Crippen LogP contribution in [0.25, 0.3) is 0 Å². The van der Waals surface area contributed by atoms with Gasteiger partial charge in [0.2, 0.25) is 0 Å². The average molecular weight is 520 g/mol. The number of rotatable bonds is 10. The normalized spacial score (nSPS) is 11.6. The molecule has 0 radical (unpaired) electrons. The number of nitrogens with one attached hydrogen (secondary N) is 1. The van der Waals surface area contributed by atoms with Crippen LogP contribution in [0.4, 0.5) is 0 Å². The van der Waals surface area contributed by atoms with Crippen LogP contribution in [0.15, 0.2) is 29.3 Å². The van der Waals surface area contributed by atoms with Crippen molar-refractivity contribution in [2.24, 2.45) is 4.99 Å². The molecule has 0 heterocycles. The van der Waals surface area contributed by atoms with E-state index in [1.165, 1.54) is 6.26 Å². The maximum absolute atomic E-state index is 11.0.